The fraction of sp³-hybridized carbons (Fsp3) is 0.0833. The van der Waals surface area contributed by atoms with Crippen LogP contribution in [0.15, 0.2) is 28.1 Å². The van der Waals surface area contributed by atoms with Crippen LogP contribution in [0.1, 0.15) is 20.8 Å². The third kappa shape index (κ3) is 2.54. The topological polar surface area (TPSA) is 43.1 Å². The molecule has 0 atom stereocenters. The average Bonchev–Trinajstić information content (AvgIpc) is 2.60. The highest BCUT2D eigenvalue weighted by molar-refractivity contribution is 9.11. The van der Waals surface area contributed by atoms with Gasteiger partial charge in [-0.05, 0) is 47.1 Å². The van der Waals surface area contributed by atoms with Crippen molar-refractivity contribution in [3.05, 3.63) is 49.1 Å². The summed E-state index contributed by atoms with van der Waals surface area (Å²) in [6, 6.07) is 6.73. The fourth-order valence-corrected chi connectivity index (χ4v) is 3.42. The third-order valence-corrected chi connectivity index (χ3v) is 4.25. The van der Waals surface area contributed by atoms with Crippen molar-refractivity contribution < 1.29 is 4.79 Å². The molecule has 0 saturated carbocycles. The van der Waals surface area contributed by atoms with E-state index in [2.05, 4.69) is 15.9 Å². The molecule has 1 aromatic heterocycles. The summed E-state index contributed by atoms with van der Waals surface area (Å²) in [6.45, 7) is 1.91. The van der Waals surface area contributed by atoms with E-state index in [0.29, 0.717) is 21.8 Å². The fourth-order valence-electron chi connectivity index (χ4n) is 1.53. The summed E-state index contributed by atoms with van der Waals surface area (Å²) in [5, 5.41) is 0.422. The zero-order valence-electron chi connectivity index (χ0n) is 8.96. The molecule has 88 valence electrons. The highest BCUT2D eigenvalue weighted by Gasteiger charge is 2.17. The SMILES string of the molecule is Cc1sc(Br)cc1C(=O)c1cc(N)ccc1Cl. The van der Waals surface area contributed by atoms with Crippen LogP contribution in [0.3, 0.4) is 0 Å². The molecule has 2 aromatic rings. The lowest BCUT2D eigenvalue weighted by atomic mass is 10.0. The van der Waals surface area contributed by atoms with Gasteiger partial charge in [-0.3, -0.25) is 4.79 Å². The molecule has 0 unspecified atom stereocenters. The minimum atomic E-state index is -0.0956. The van der Waals surface area contributed by atoms with Gasteiger partial charge in [-0.25, -0.2) is 0 Å². The maximum atomic E-state index is 12.3. The second kappa shape index (κ2) is 4.80. The first kappa shape index (κ1) is 12.6. The van der Waals surface area contributed by atoms with Gasteiger partial charge in [0.05, 0.1) is 8.81 Å². The number of aryl methyl sites for hydroxylation is 1. The Kier molecular flexibility index (Phi) is 3.56. The highest BCUT2D eigenvalue weighted by atomic mass is 79.9. The van der Waals surface area contributed by atoms with E-state index in [1.807, 2.05) is 13.0 Å². The lowest BCUT2D eigenvalue weighted by molar-refractivity contribution is 0.103. The maximum Gasteiger partial charge on any atom is 0.195 e. The van der Waals surface area contributed by atoms with Crippen LogP contribution in [-0.2, 0) is 0 Å². The molecular weight excluding hydrogens is 322 g/mol. The van der Waals surface area contributed by atoms with Gasteiger partial charge >= 0.3 is 0 Å². The molecule has 0 spiro atoms. The Balaban J connectivity index is 2.50. The first-order valence-electron chi connectivity index (χ1n) is 4.84. The highest BCUT2D eigenvalue weighted by Crippen LogP contribution is 2.30. The van der Waals surface area contributed by atoms with Crippen LogP contribution >= 0.6 is 38.9 Å². The van der Waals surface area contributed by atoms with Crippen LogP contribution < -0.4 is 5.73 Å². The number of rotatable bonds is 2. The Hall–Kier alpha value is -0.840. The normalized spacial score (nSPS) is 10.5. The van der Waals surface area contributed by atoms with Crippen molar-refractivity contribution in [2.45, 2.75) is 6.92 Å². The van der Waals surface area contributed by atoms with Crippen LogP contribution in [0.5, 0.6) is 0 Å². The number of carbonyl (C=O) groups excluding carboxylic acids is 1. The van der Waals surface area contributed by atoms with Crippen molar-refractivity contribution in [2.24, 2.45) is 0 Å². The summed E-state index contributed by atoms with van der Waals surface area (Å²) >= 11 is 10.9. The van der Waals surface area contributed by atoms with Crippen molar-refractivity contribution in [3.63, 3.8) is 0 Å². The number of hydrogen-bond donors (Lipinski definition) is 1. The van der Waals surface area contributed by atoms with E-state index in [4.69, 9.17) is 17.3 Å². The molecule has 1 heterocycles. The first-order valence-corrected chi connectivity index (χ1v) is 6.83. The number of anilines is 1. The number of carbonyl (C=O) groups is 1. The van der Waals surface area contributed by atoms with E-state index in [-0.39, 0.29) is 5.78 Å². The number of thiophene rings is 1. The van der Waals surface area contributed by atoms with E-state index in [1.54, 1.807) is 18.2 Å². The second-order valence-electron chi connectivity index (χ2n) is 3.59. The molecule has 17 heavy (non-hydrogen) atoms. The van der Waals surface area contributed by atoms with E-state index in [9.17, 15) is 4.79 Å². The molecule has 0 amide bonds. The van der Waals surface area contributed by atoms with Crippen molar-refractivity contribution in [3.8, 4) is 0 Å². The molecule has 0 fully saturated rings. The molecule has 0 aliphatic carbocycles. The lowest BCUT2D eigenvalue weighted by Crippen LogP contribution is -2.03. The summed E-state index contributed by atoms with van der Waals surface area (Å²) in [7, 11) is 0. The predicted molar refractivity (Wildman–Crippen MR) is 76.1 cm³/mol. The van der Waals surface area contributed by atoms with Crippen LogP contribution in [0.2, 0.25) is 5.02 Å². The second-order valence-corrected chi connectivity index (χ2v) is 6.63. The monoisotopic (exact) mass is 329 g/mol. The standard InChI is InChI=1S/C12H9BrClNOS/c1-6-8(5-11(13)17-6)12(16)9-4-7(15)2-3-10(9)14/h2-5H,15H2,1H3. The molecular formula is C12H9BrClNOS. The van der Waals surface area contributed by atoms with Crippen molar-refractivity contribution in [2.75, 3.05) is 5.73 Å². The van der Waals surface area contributed by atoms with Gasteiger partial charge in [-0.1, -0.05) is 11.6 Å². The molecule has 2 nitrogen and oxygen atoms in total. The molecule has 0 aliphatic heterocycles. The summed E-state index contributed by atoms with van der Waals surface area (Å²) in [6.07, 6.45) is 0. The number of halogens is 2. The van der Waals surface area contributed by atoms with Gasteiger partial charge in [0.1, 0.15) is 0 Å². The Morgan fingerprint density at radius 3 is 2.65 bits per heavy atom. The Bertz CT molecular complexity index is 594. The summed E-state index contributed by atoms with van der Waals surface area (Å²) < 4.78 is 0.929. The minimum absolute atomic E-state index is 0.0956. The molecule has 2 N–H and O–H groups in total. The molecule has 1 aromatic carbocycles. The van der Waals surface area contributed by atoms with Gasteiger partial charge in [0.25, 0.3) is 0 Å². The molecule has 0 aliphatic rings. The van der Waals surface area contributed by atoms with Crippen molar-refractivity contribution in [1.82, 2.24) is 0 Å². The van der Waals surface area contributed by atoms with Gasteiger partial charge < -0.3 is 5.73 Å². The maximum absolute atomic E-state index is 12.3. The summed E-state index contributed by atoms with van der Waals surface area (Å²) in [4.78, 5) is 13.3. The minimum Gasteiger partial charge on any atom is -0.399 e. The number of nitrogen functional groups attached to an aromatic ring is 1. The number of hydrogen-bond acceptors (Lipinski definition) is 3. The number of nitrogens with two attached hydrogens (primary N) is 1. The molecule has 0 saturated heterocycles. The molecule has 0 bridgehead atoms. The summed E-state index contributed by atoms with van der Waals surface area (Å²) in [5.41, 5.74) is 7.31. The van der Waals surface area contributed by atoms with E-state index >= 15 is 0 Å². The van der Waals surface area contributed by atoms with Gasteiger partial charge in [0.15, 0.2) is 5.78 Å². The molecule has 0 radical (unpaired) electrons. The smallest absolute Gasteiger partial charge is 0.195 e. The largest absolute Gasteiger partial charge is 0.399 e. The quantitative estimate of drug-likeness (QED) is 0.659. The van der Waals surface area contributed by atoms with Gasteiger partial charge in [-0.2, -0.15) is 0 Å². The zero-order chi connectivity index (χ0) is 12.6. The van der Waals surface area contributed by atoms with Crippen LogP contribution in [0.4, 0.5) is 5.69 Å². The van der Waals surface area contributed by atoms with Crippen molar-refractivity contribution in [1.29, 1.82) is 0 Å². The number of benzene rings is 1. The zero-order valence-corrected chi connectivity index (χ0v) is 12.1. The van der Waals surface area contributed by atoms with Gasteiger partial charge in [-0.15, -0.1) is 11.3 Å². The van der Waals surface area contributed by atoms with Crippen molar-refractivity contribution >= 4 is 50.3 Å². The Morgan fingerprint density at radius 2 is 2.06 bits per heavy atom. The van der Waals surface area contributed by atoms with Crippen LogP contribution in [0, 0.1) is 6.92 Å². The lowest BCUT2D eigenvalue weighted by Gasteiger charge is -2.04. The van der Waals surface area contributed by atoms with Gasteiger partial charge in [0, 0.05) is 21.7 Å². The van der Waals surface area contributed by atoms with E-state index in [1.165, 1.54) is 11.3 Å². The van der Waals surface area contributed by atoms with E-state index < -0.39 is 0 Å². The predicted octanol–water partition coefficient (Wildman–Crippen LogP) is 4.29. The molecule has 2 rings (SSSR count). The average molecular weight is 331 g/mol. The van der Waals surface area contributed by atoms with Gasteiger partial charge in [0.2, 0.25) is 0 Å². The Labute approximate surface area is 117 Å². The summed E-state index contributed by atoms with van der Waals surface area (Å²) in [5.74, 6) is -0.0956. The molecule has 5 heteroatoms. The Morgan fingerprint density at radius 1 is 1.35 bits per heavy atom. The van der Waals surface area contributed by atoms with Crippen LogP contribution in [0.25, 0.3) is 0 Å². The first-order chi connectivity index (χ1) is 7.99. The van der Waals surface area contributed by atoms with E-state index in [0.717, 1.165) is 8.66 Å². The third-order valence-electron chi connectivity index (χ3n) is 2.37. The number of ketones is 1. The van der Waals surface area contributed by atoms with Crippen LogP contribution in [-0.4, -0.2) is 5.78 Å².